The Morgan fingerprint density at radius 1 is 1.00 bits per heavy atom. The van der Waals surface area contributed by atoms with Crippen LogP contribution in [-0.4, -0.2) is 49.8 Å². The number of nitrogens with one attached hydrogen (secondary N) is 1. The number of sulfonamides is 1. The van der Waals surface area contributed by atoms with Crippen molar-refractivity contribution < 1.29 is 22.0 Å². The molecule has 1 saturated heterocycles. The van der Waals surface area contributed by atoms with Gasteiger partial charge in [0.2, 0.25) is 10.0 Å². The zero-order chi connectivity index (χ0) is 19.6. The van der Waals surface area contributed by atoms with Gasteiger partial charge < -0.3 is 10.2 Å². The number of carbonyl (C=O) groups is 1. The van der Waals surface area contributed by atoms with Gasteiger partial charge in [0, 0.05) is 26.2 Å². The SMILES string of the molecule is O=C(Nc1ccccc1F)N1CCN(S(=O)(=O)c2ccc(F)c(Cl)c2)CC1. The van der Waals surface area contributed by atoms with Gasteiger partial charge in [-0.2, -0.15) is 4.31 Å². The first-order valence-electron chi connectivity index (χ1n) is 8.05. The molecule has 0 atom stereocenters. The van der Waals surface area contributed by atoms with Gasteiger partial charge in [-0.05, 0) is 30.3 Å². The lowest BCUT2D eigenvalue weighted by atomic mass is 10.3. The summed E-state index contributed by atoms with van der Waals surface area (Å²) < 4.78 is 53.4. The molecule has 2 aromatic carbocycles. The number of amides is 2. The maximum atomic E-state index is 13.6. The summed E-state index contributed by atoms with van der Waals surface area (Å²) in [6.45, 7) is 0.382. The van der Waals surface area contributed by atoms with Crippen molar-refractivity contribution >= 4 is 33.3 Å². The molecule has 10 heteroatoms. The molecule has 0 saturated carbocycles. The van der Waals surface area contributed by atoms with Crippen LogP contribution in [0.5, 0.6) is 0 Å². The molecule has 1 aliphatic heterocycles. The van der Waals surface area contributed by atoms with Crippen LogP contribution in [0, 0.1) is 11.6 Å². The summed E-state index contributed by atoms with van der Waals surface area (Å²) in [6, 6.07) is 8.46. The quantitative estimate of drug-likeness (QED) is 0.837. The van der Waals surface area contributed by atoms with Gasteiger partial charge in [0.05, 0.1) is 15.6 Å². The van der Waals surface area contributed by atoms with Gasteiger partial charge in [-0.3, -0.25) is 0 Å². The van der Waals surface area contributed by atoms with E-state index in [1.165, 1.54) is 27.4 Å². The highest BCUT2D eigenvalue weighted by Crippen LogP contribution is 2.23. The van der Waals surface area contributed by atoms with E-state index in [4.69, 9.17) is 11.6 Å². The molecule has 0 radical (unpaired) electrons. The number of urea groups is 1. The maximum absolute atomic E-state index is 13.6. The van der Waals surface area contributed by atoms with E-state index in [-0.39, 0.29) is 41.8 Å². The van der Waals surface area contributed by atoms with E-state index in [0.717, 1.165) is 18.2 Å². The Labute approximate surface area is 160 Å². The number of anilines is 1. The second-order valence-corrected chi connectivity index (χ2v) is 8.22. The first kappa shape index (κ1) is 19.5. The average Bonchev–Trinajstić information content (AvgIpc) is 2.65. The van der Waals surface area contributed by atoms with Gasteiger partial charge in [0.15, 0.2) is 0 Å². The molecule has 1 fully saturated rings. The smallest absolute Gasteiger partial charge is 0.322 e. The Hall–Kier alpha value is -2.23. The number of hydrogen-bond acceptors (Lipinski definition) is 3. The van der Waals surface area contributed by atoms with Gasteiger partial charge in [0.25, 0.3) is 0 Å². The van der Waals surface area contributed by atoms with Crippen LogP contribution < -0.4 is 5.32 Å². The Morgan fingerprint density at radius 2 is 1.67 bits per heavy atom. The van der Waals surface area contributed by atoms with E-state index in [0.29, 0.717) is 0 Å². The highest BCUT2D eigenvalue weighted by Gasteiger charge is 2.30. The van der Waals surface area contributed by atoms with Gasteiger partial charge >= 0.3 is 6.03 Å². The molecule has 0 aliphatic carbocycles. The van der Waals surface area contributed by atoms with Crippen LogP contribution in [0.25, 0.3) is 0 Å². The van der Waals surface area contributed by atoms with E-state index in [9.17, 15) is 22.0 Å². The first-order chi connectivity index (χ1) is 12.8. The van der Waals surface area contributed by atoms with Crippen molar-refractivity contribution in [1.29, 1.82) is 0 Å². The summed E-state index contributed by atoms with van der Waals surface area (Å²) >= 11 is 5.66. The first-order valence-corrected chi connectivity index (χ1v) is 9.86. The molecule has 0 aromatic heterocycles. The second-order valence-electron chi connectivity index (χ2n) is 5.88. The number of para-hydroxylation sites is 1. The molecule has 0 spiro atoms. The van der Waals surface area contributed by atoms with E-state index in [1.54, 1.807) is 6.07 Å². The molecule has 6 nitrogen and oxygen atoms in total. The van der Waals surface area contributed by atoms with E-state index >= 15 is 0 Å². The van der Waals surface area contributed by atoms with Crippen molar-refractivity contribution in [3.05, 3.63) is 59.1 Å². The second kappa shape index (κ2) is 7.79. The third-order valence-electron chi connectivity index (χ3n) is 4.17. The Balaban J connectivity index is 1.65. The van der Waals surface area contributed by atoms with Crippen LogP contribution in [0.3, 0.4) is 0 Å². The average molecular weight is 416 g/mol. The minimum atomic E-state index is -3.85. The largest absolute Gasteiger partial charge is 0.322 e. The van der Waals surface area contributed by atoms with Gasteiger partial charge in [0.1, 0.15) is 11.6 Å². The molecule has 2 amide bonds. The molecule has 3 rings (SSSR count). The molecule has 0 unspecified atom stereocenters. The monoisotopic (exact) mass is 415 g/mol. The minimum absolute atomic E-state index is 0.0542. The van der Waals surface area contributed by atoms with Crippen molar-refractivity contribution in [2.45, 2.75) is 4.90 Å². The zero-order valence-corrected chi connectivity index (χ0v) is 15.6. The molecular weight excluding hydrogens is 400 g/mol. The summed E-state index contributed by atoms with van der Waals surface area (Å²) in [5, 5.41) is 2.19. The highest BCUT2D eigenvalue weighted by atomic mass is 35.5. The highest BCUT2D eigenvalue weighted by molar-refractivity contribution is 7.89. The molecule has 27 heavy (non-hydrogen) atoms. The standard InChI is InChI=1S/C17H16ClF2N3O3S/c18-13-11-12(5-6-14(13)19)27(25,26)23-9-7-22(8-10-23)17(24)21-16-4-2-1-3-15(16)20/h1-6,11H,7-10H2,(H,21,24). The molecular formula is C17H16ClF2N3O3S. The van der Waals surface area contributed by atoms with Crippen LogP contribution in [-0.2, 0) is 10.0 Å². The molecule has 1 aliphatic rings. The van der Waals surface area contributed by atoms with Crippen molar-refractivity contribution in [2.75, 3.05) is 31.5 Å². The maximum Gasteiger partial charge on any atom is 0.322 e. The number of piperazine rings is 1. The summed E-state index contributed by atoms with van der Waals surface area (Å²) in [5.74, 6) is -1.26. The molecule has 1 heterocycles. The molecule has 144 valence electrons. The fraction of sp³-hybridized carbons (Fsp3) is 0.235. The fourth-order valence-corrected chi connectivity index (χ4v) is 4.37. The van der Waals surface area contributed by atoms with Crippen LogP contribution in [0.2, 0.25) is 5.02 Å². The van der Waals surface area contributed by atoms with Crippen LogP contribution in [0.15, 0.2) is 47.4 Å². The fourth-order valence-electron chi connectivity index (χ4n) is 2.67. The van der Waals surface area contributed by atoms with Crippen molar-refractivity contribution in [3.8, 4) is 0 Å². The number of rotatable bonds is 3. The van der Waals surface area contributed by atoms with Crippen molar-refractivity contribution in [2.24, 2.45) is 0 Å². The number of halogens is 3. The number of carbonyl (C=O) groups excluding carboxylic acids is 1. The third kappa shape index (κ3) is 4.20. The van der Waals surface area contributed by atoms with Gasteiger partial charge in [-0.1, -0.05) is 23.7 Å². The number of benzene rings is 2. The van der Waals surface area contributed by atoms with Crippen LogP contribution in [0.4, 0.5) is 19.3 Å². The summed E-state index contributed by atoms with van der Waals surface area (Å²) in [6.07, 6.45) is 0. The van der Waals surface area contributed by atoms with Crippen molar-refractivity contribution in [1.82, 2.24) is 9.21 Å². The Kier molecular flexibility index (Phi) is 5.64. The molecule has 2 aromatic rings. The lowest BCUT2D eigenvalue weighted by molar-refractivity contribution is 0.184. The predicted octanol–water partition coefficient (Wildman–Crippen LogP) is 3.16. The lowest BCUT2D eigenvalue weighted by Gasteiger charge is -2.34. The topological polar surface area (TPSA) is 69.7 Å². The normalized spacial score (nSPS) is 15.6. The van der Waals surface area contributed by atoms with E-state index in [2.05, 4.69) is 5.32 Å². The van der Waals surface area contributed by atoms with Crippen LogP contribution in [0.1, 0.15) is 0 Å². The molecule has 1 N–H and O–H groups in total. The van der Waals surface area contributed by atoms with Crippen molar-refractivity contribution in [3.63, 3.8) is 0 Å². The van der Waals surface area contributed by atoms with Gasteiger partial charge in [-0.15, -0.1) is 0 Å². The van der Waals surface area contributed by atoms with Gasteiger partial charge in [-0.25, -0.2) is 22.0 Å². The predicted molar refractivity (Wildman–Crippen MR) is 97.2 cm³/mol. The minimum Gasteiger partial charge on any atom is -0.322 e. The molecule has 0 bridgehead atoms. The Morgan fingerprint density at radius 3 is 2.30 bits per heavy atom. The third-order valence-corrected chi connectivity index (χ3v) is 6.35. The Bertz CT molecular complexity index is 964. The summed E-state index contributed by atoms with van der Waals surface area (Å²) in [5.41, 5.74) is 0.0542. The lowest BCUT2D eigenvalue weighted by Crippen LogP contribution is -2.51. The van der Waals surface area contributed by atoms with E-state index < -0.39 is 27.7 Å². The number of hydrogen-bond donors (Lipinski definition) is 1. The van der Waals surface area contributed by atoms with E-state index in [1.807, 2.05) is 0 Å². The summed E-state index contributed by atoms with van der Waals surface area (Å²) in [7, 11) is -3.85. The zero-order valence-electron chi connectivity index (χ0n) is 14.0. The summed E-state index contributed by atoms with van der Waals surface area (Å²) in [4.78, 5) is 13.5. The van der Waals surface area contributed by atoms with Crippen LogP contribution >= 0.6 is 11.6 Å². The number of nitrogens with zero attached hydrogens (tertiary/aromatic N) is 2.